The SMILES string of the molecule is CCC1CCc2c(Br)cccc2N1. The largest absolute Gasteiger partial charge is 0.382 e. The number of hydrogen-bond acceptors (Lipinski definition) is 1. The Morgan fingerprint density at radius 3 is 3.15 bits per heavy atom. The zero-order valence-electron chi connectivity index (χ0n) is 7.81. The molecule has 1 aromatic carbocycles. The Morgan fingerprint density at radius 1 is 1.54 bits per heavy atom. The van der Waals surface area contributed by atoms with E-state index in [0.717, 1.165) is 0 Å². The molecule has 2 heteroatoms. The van der Waals surface area contributed by atoms with Crippen molar-refractivity contribution in [2.75, 3.05) is 5.32 Å². The molecule has 2 rings (SSSR count). The molecule has 13 heavy (non-hydrogen) atoms. The lowest BCUT2D eigenvalue weighted by Gasteiger charge is -2.26. The third-order valence-electron chi connectivity index (χ3n) is 2.71. The average molecular weight is 240 g/mol. The Morgan fingerprint density at radius 2 is 2.38 bits per heavy atom. The Bertz CT molecular complexity index is 309. The first kappa shape index (κ1) is 9.07. The Hall–Kier alpha value is -0.500. The highest BCUT2D eigenvalue weighted by molar-refractivity contribution is 9.10. The summed E-state index contributed by atoms with van der Waals surface area (Å²) in [5, 5.41) is 3.56. The van der Waals surface area contributed by atoms with Gasteiger partial charge in [0.15, 0.2) is 0 Å². The second-order valence-electron chi connectivity index (χ2n) is 3.55. The van der Waals surface area contributed by atoms with Gasteiger partial charge in [0, 0.05) is 16.2 Å². The number of benzene rings is 1. The van der Waals surface area contributed by atoms with Gasteiger partial charge in [0.1, 0.15) is 0 Å². The molecular formula is C11H14BrN. The standard InChI is InChI=1S/C11H14BrN/c1-2-8-6-7-9-10(12)4-3-5-11(9)13-8/h3-5,8,13H,2,6-7H2,1H3. The normalized spacial score (nSPS) is 20.6. The first-order valence-electron chi connectivity index (χ1n) is 4.85. The Kier molecular flexibility index (Phi) is 2.58. The Balaban J connectivity index is 2.31. The van der Waals surface area contributed by atoms with Crippen molar-refractivity contribution in [1.29, 1.82) is 0 Å². The van der Waals surface area contributed by atoms with Crippen molar-refractivity contribution < 1.29 is 0 Å². The third kappa shape index (κ3) is 1.73. The van der Waals surface area contributed by atoms with Crippen LogP contribution in [0.2, 0.25) is 0 Å². The molecule has 1 N–H and O–H groups in total. The molecule has 0 saturated carbocycles. The van der Waals surface area contributed by atoms with Crippen LogP contribution in [0.1, 0.15) is 25.3 Å². The van der Waals surface area contributed by atoms with Crippen LogP contribution >= 0.6 is 15.9 Å². The van der Waals surface area contributed by atoms with Crippen molar-refractivity contribution in [1.82, 2.24) is 0 Å². The summed E-state index contributed by atoms with van der Waals surface area (Å²) in [7, 11) is 0. The highest BCUT2D eigenvalue weighted by atomic mass is 79.9. The molecule has 1 aliphatic heterocycles. The quantitative estimate of drug-likeness (QED) is 0.791. The monoisotopic (exact) mass is 239 g/mol. The van der Waals surface area contributed by atoms with Gasteiger partial charge in [-0.3, -0.25) is 0 Å². The zero-order valence-corrected chi connectivity index (χ0v) is 9.39. The van der Waals surface area contributed by atoms with E-state index >= 15 is 0 Å². The maximum atomic E-state index is 3.58. The molecule has 0 saturated heterocycles. The van der Waals surface area contributed by atoms with Crippen LogP contribution in [0.25, 0.3) is 0 Å². The molecule has 0 fully saturated rings. The minimum absolute atomic E-state index is 0.668. The lowest BCUT2D eigenvalue weighted by Crippen LogP contribution is -2.24. The predicted molar refractivity (Wildman–Crippen MR) is 60.2 cm³/mol. The second-order valence-corrected chi connectivity index (χ2v) is 4.41. The molecule has 0 radical (unpaired) electrons. The smallest absolute Gasteiger partial charge is 0.0386 e. The highest BCUT2D eigenvalue weighted by Gasteiger charge is 2.17. The van der Waals surface area contributed by atoms with Crippen molar-refractivity contribution in [3.63, 3.8) is 0 Å². The highest BCUT2D eigenvalue weighted by Crippen LogP contribution is 2.31. The van der Waals surface area contributed by atoms with Crippen LogP contribution in [0.15, 0.2) is 22.7 Å². The first-order valence-corrected chi connectivity index (χ1v) is 5.64. The lowest BCUT2D eigenvalue weighted by atomic mass is 9.97. The molecular weight excluding hydrogens is 226 g/mol. The maximum absolute atomic E-state index is 3.58. The van der Waals surface area contributed by atoms with Gasteiger partial charge < -0.3 is 5.32 Å². The summed E-state index contributed by atoms with van der Waals surface area (Å²) in [5.74, 6) is 0. The van der Waals surface area contributed by atoms with Crippen molar-refractivity contribution >= 4 is 21.6 Å². The first-order chi connectivity index (χ1) is 6.31. The number of halogens is 1. The van der Waals surface area contributed by atoms with Gasteiger partial charge in [-0.25, -0.2) is 0 Å². The van der Waals surface area contributed by atoms with Gasteiger partial charge in [0.05, 0.1) is 0 Å². The van der Waals surface area contributed by atoms with Gasteiger partial charge in [-0.15, -0.1) is 0 Å². The van der Waals surface area contributed by atoms with E-state index in [1.54, 1.807) is 0 Å². The van der Waals surface area contributed by atoms with Crippen molar-refractivity contribution in [2.45, 2.75) is 32.2 Å². The van der Waals surface area contributed by atoms with Gasteiger partial charge in [-0.2, -0.15) is 0 Å². The maximum Gasteiger partial charge on any atom is 0.0386 e. The summed E-state index contributed by atoms with van der Waals surface area (Å²) in [6.45, 7) is 2.24. The van der Waals surface area contributed by atoms with Crippen LogP contribution in [-0.4, -0.2) is 6.04 Å². The number of anilines is 1. The zero-order chi connectivity index (χ0) is 9.26. The topological polar surface area (TPSA) is 12.0 Å². The summed E-state index contributed by atoms with van der Waals surface area (Å²) < 4.78 is 1.24. The molecule has 1 nitrogen and oxygen atoms in total. The average Bonchev–Trinajstić information content (AvgIpc) is 2.18. The molecule has 0 bridgehead atoms. The number of nitrogens with one attached hydrogen (secondary N) is 1. The van der Waals surface area contributed by atoms with Crippen LogP contribution in [0.3, 0.4) is 0 Å². The molecule has 0 aromatic heterocycles. The number of hydrogen-bond donors (Lipinski definition) is 1. The lowest BCUT2D eigenvalue weighted by molar-refractivity contribution is 0.613. The minimum Gasteiger partial charge on any atom is -0.382 e. The molecule has 1 heterocycles. The fourth-order valence-corrected chi connectivity index (χ4v) is 2.43. The second kappa shape index (κ2) is 3.70. The summed E-state index contributed by atoms with van der Waals surface area (Å²) in [6, 6.07) is 7.05. The molecule has 1 aliphatic rings. The molecule has 0 aliphatic carbocycles. The number of rotatable bonds is 1. The molecule has 1 atom stereocenters. The van der Waals surface area contributed by atoms with E-state index in [1.165, 1.54) is 35.0 Å². The van der Waals surface area contributed by atoms with Crippen molar-refractivity contribution in [3.05, 3.63) is 28.2 Å². The molecule has 0 spiro atoms. The third-order valence-corrected chi connectivity index (χ3v) is 3.46. The molecule has 1 unspecified atom stereocenters. The van der Waals surface area contributed by atoms with Gasteiger partial charge in [-0.05, 0) is 37.0 Å². The van der Waals surface area contributed by atoms with Crippen molar-refractivity contribution in [2.24, 2.45) is 0 Å². The fraction of sp³-hybridized carbons (Fsp3) is 0.455. The Labute approximate surface area is 87.7 Å². The van der Waals surface area contributed by atoms with Crippen LogP contribution in [-0.2, 0) is 6.42 Å². The van der Waals surface area contributed by atoms with E-state index in [0.29, 0.717) is 6.04 Å². The van der Waals surface area contributed by atoms with Crippen LogP contribution in [0.5, 0.6) is 0 Å². The molecule has 1 aromatic rings. The van der Waals surface area contributed by atoms with E-state index in [4.69, 9.17) is 0 Å². The summed E-state index contributed by atoms with van der Waals surface area (Å²) in [4.78, 5) is 0. The van der Waals surface area contributed by atoms with Gasteiger partial charge in [0.25, 0.3) is 0 Å². The van der Waals surface area contributed by atoms with Gasteiger partial charge in [-0.1, -0.05) is 28.9 Å². The van der Waals surface area contributed by atoms with E-state index in [2.05, 4.69) is 46.4 Å². The van der Waals surface area contributed by atoms with Gasteiger partial charge >= 0.3 is 0 Å². The predicted octanol–water partition coefficient (Wildman–Crippen LogP) is 3.59. The van der Waals surface area contributed by atoms with E-state index in [9.17, 15) is 0 Å². The van der Waals surface area contributed by atoms with E-state index in [-0.39, 0.29) is 0 Å². The van der Waals surface area contributed by atoms with Crippen LogP contribution in [0.4, 0.5) is 5.69 Å². The fourth-order valence-electron chi connectivity index (χ4n) is 1.86. The van der Waals surface area contributed by atoms with Crippen LogP contribution < -0.4 is 5.32 Å². The summed E-state index contributed by atoms with van der Waals surface area (Å²) in [6.07, 6.45) is 3.67. The summed E-state index contributed by atoms with van der Waals surface area (Å²) in [5.41, 5.74) is 2.75. The molecule has 70 valence electrons. The van der Waals surface area contributed by atoms with E-state index < -0.39 is 0 Å². The van der Waals surface area contributed by atoms with Gasteiger partial charge in [0.2, 0.25) is 0 Å². The molecule has 0 amide bonds. The number of fused-ring (bicyclic) bond motifs is 1. The van der Waals surface area contributed by atoms with Crippen LogP contribution in [0, 0.1) is 0 Å². The summed E-state index contributed by atoms with van der Waals surface area (Å²) >= 11 is 3.58. The minimum atomic E-state index is 0.668. The van der Waals surface area contributed by atoms with E-state index in [1.807, 2.05) is 0 Å². The van der Waals surface area contributed by atoms with Crippen molar-refractivity contribution in [3.8, 4) is 0 Å².